The van der Waals surface area contributed by atoms with Crippen molar-refractivity contribution in [3.8, 4) is 0 Å². The number of hydrogen-bond donors (Lipinski definition) is 0. The average Bonchev–Trinajstić information content (AvgIpc) is 2.06. The van der Waals surface area contributed by atoms with Crippen molar-refractivity contribution in [2.75, 3.05) is 19.8 Å². The van der Waals surface area contributed by atoms with Crippen LogP contribution in [0.25, 0.3) is 0 Å². The summed E-state index contributed by atoms with van der Waals surface area (Å²) in [7, 11) is 0. The smallest absolute Gasteiger partial charge is 0.313 e. The van der Waals surface area contributed by atoms with Crippen LogP contribution in [0.4, 0.5) is 0 Å². The first-order chi connectivity index (χ1) is 5.83. The van der Waals surface area contributed by atoms with Crippen LogP contribution in [0.1, 0.15) is 6.42 Å². The summed E-state index contributed by atoms with van der Waals surface area (Å²) in [4.78, 5) is 10.9. The summed E-state index contributed by atoms with van der Waals surface area (Å²) in [6.45, 7) is 4.89. The van der Waals surface area contributed by atoms with E-state index >= 15 is 0 Å². The average molecular weight is 172 g/mol. The fourth-order valence-electron chi connectivity index (χ4n) is 0.981. The lowest BCUT2D eigenvalue weighted by molar-refractivity contribution is -0.147. The van der Waals surface area contributed by atoms with Gasteiger partial charge >= 0.3 is 5.97 Å². The molecule has 0 N–H and O–H groups in total. The molecule has 0 saturated carbocycles. The van der Waals surface area contributed by atoms with E-state index in [9.17, 15) is 4.79 Å². The van der Waals surface area contributed by atoms with Gasteiger partial charge in [0, 0.05) is 0 Å². The molecule has 1 aliphatic heterocycles. The van der Waals surface area contributed by atoms with Gasteiger partial charge in [-0.05, 0) is 0 Å². The largest absolute Gasteiger partial charge is 0.435 e. The second kappa shape index (κ2) is 4.90. The molecule has 0 aromatic heterocycles. The van der Waals surface area contributed by atoms with Gasteiger partial charge in [-0.3, -0.25) is 4.79 Å². The monoisotopic (exact) mass is 172 g/mol. The van der Waals surface area contributed by atoms with Crippen LogP contribution < -0.4 is 0 Å². The van der Waals surface area contributed by atoms with Gasteiger partial charge in [0.1, 0.15) is 0 Å². The lowest BCUT2D eigenvalue weighted by Gasteiger charge is -2.21. The van der Waals surface area contributed by atoms with Crippen LogP contribution in [-0.4, -0.2) is 31.9 Å². The summed E-state index contributed by atoms with van der Waals surface area (Å²) in [5.74, 6) is -0.333. The zero-order chi connectivity index (χ0) is 8.81. The van der Waals surface area contributed by atoms with E-state index in [2.05, 4.69) is 11.3 Å². The van der Waals surface area contributed by atoms with Gasteiger partial charge in [0.15, 0.2) is 0 Å². The van der Waals surface area contributed by atoms with Crippen molar-refractivity contribution >= 4 is 5.97 Å². The molecule has 12 heavy (non-hydrogen) atoms. The Hall–Kier alpha value is -0.870. The third-order valence-electron chi connectivity index (χ3n) is 1.49. The molecule has 1 aliphatic rings. The molecule has 0 amide bonds. The number of carbonyl (C=O) groups excluding carboxylic acids is 1. The molecule has 0 aliphatic carbocycles. The van der Waals surface area contributed by atoms with E-state index in [4.69, 9.17) is 9.47 Å². The van der Waals surface area contributed by atoms with Crippen LogP contribution in [0.2, 0.25) is 0 Å². The van der Waals surface area contributed by atoms with Gasteiger partial charge in [0.25, 0.3) is 0 Å². The minimum absolute atomic E-state index is 0.161. The predicted molar refractivity (Wildman–Crippen MR) is 41.5 cm³/mol. The minimum Gasteiger partial charge on any atom is -0.435 e. The number of rotatable bonds is 3. The maximum absolute atomic E-state index is 10.9. The predicted octanol–water partition coefficient (Wildman–Crippen LogP) is 0.479. The molecule has 1 heterocycles. The van der Waals surface area contributed by atoms with Gasteiger partial charge in [0.05, 0.1) is 38.6 Å². The fraction of sp³-hybridized carbons (Fsp3) is 0.625. The molecule has 1 unspecified atom stereocenters. The van der Waals surface area contributed by atoms with Crippen molar-refractivity contribution in [3.05, 3.63) is 12.8 Å². The Balaban J connectivity index is 2.19. The normalized spacial score (nSPS) is 23.2. The Bertz CT molecular complexity index is 160. The molecule has 0 aromatic carbocycles. The van der Waals surface area contributed by atoms with E-state index in [1.807, 2.05) is 0 Å². The van der Waals surface area contributed by atoms with Crippen molar-refractivity contribution < 1.29 is 19.0 Å². The van der Waals surface area contributed by atoms with Crippen molar-refractivity contribution in [1.82, 2.24) is 0 Å². The maximum atomic E-state index is 10.9. The molecule has 4 nitrogen and oxygen atoms in total. The van der Waals surface area contributed by atoms with Crippen molar-refractivity contribution in [3.63, 3.8) is 0 Å². The standard InChI is InChI=1S/C8H12O4/c1-2-11-8(9)5-7-6-10-3-4-12-7/h2,7H,1,3-6H2. The van der Waals surface area contributed by atoms with E-state index in [-0.39, 0.29) is 18.5 Å². The Morgan fingerprint density at radius 3 is 3.08 bits per heavy atom. The van der Waals surface area contributed by atoms with Crippen LogP contribution in [0.5, 0.6) is 0 Å². The molecule has 0 radical (unpaired) electrons. The maximum Gasteiger partial charge on any atom is 0.313 e. The summed E-state index contributed by atoms with van der Waals surface area (Å²) < 4.78 is 14.9. The van der Waals surface area contributed by atoms with Gasteiger partial charge in [-0.25, -0.2) is 0 Å². The van der Waals surface area contributed by atoms with E-state index in [1.54, 1.807) is 0 Å². The Kier molecular flexibility index (Phi) is 3.76. The van der Waals surface area contributed by atoms with Crippen molar-refractivity contribution in [2.24, 2.45) is 0 Å². The highest BCUT2D eigenvalue weighted by Crippen LogP contribution is 2.05. The quantitative estimate of drug-likeness (QED) is 0.458. The van der Waals surface area contributed by atoms with Crippen LogP contribution in [0.3, 0.4) is 0 Å². The first kappa shape index (κ1) is 9.22. The third-order valence-corrected chi connectivity index (χ3v) is 1.49. The molecule has 0 bridgehead atoms. The van der Waals surface area contributed by atoms with Gasteiger partial charge < -0.3 is 14.2 Å². The van der Waals surface area contributed by atoms with E-state index in [1.165, 1.54) is 0 Å². The Morgan fingerprint density at radius 1 is 1.67 bits per heavy atom. The van der Waals surface area contributed by atoms with Gasteiger partial charge in [-0.15, -0.1) is 0 Å². The minimum atomic E-state index is -0.333. The molecule has 1 atom stereocenters. The molecule has 1 saturated heterocycles. The van der Waals surface area contributed by atoms with E-state index in [0.717, 1.165) is 6.26 Å². The third kappa shape index (κ3) is 3.02. The fourth-order valence-corrected chi connectivity index (χ4v) is 0.981. The lowest BCUT2D eigenvalue weighted by atomic mass is 10.2. The molecule has 1 fully saturated rings. The number of carbonyl (C=O) groups is 1. The highest BCUT2D eigenvalue weighted by Gasteiger charge is 2.18. The number of ether oxygens (including phenoxy) is 3. The van der Waals surface area contributed by atoms with Crippen LogP contribution in [0.15, 0.2) is 12.8 Å². The topological polar surface area (TPSA) is 44.8 Å². The zero-order valence-corrected chi connectivity index (χ0v) is 6.82. The summed E-state index contributed by atoms with van der Waals surface area (Å²) >= 11 is 0. The van der Waals surface area contributed by atoms with Crippen LogP contribution in [-0.2, 0) is 19.0 Å². The molecule has 0 aromatic rings. The molecular weight excluding hydrogens is 160 g/mol. The Labute approximate surface area is 71.1 Å². The second-order valence-corrected chi connectivity index (χ2v) is 2.43. The van der Waals surface area contributed by atoms with Gasteiger partial charge in [-0.2, -0.15) is 0 Å². The first-order valence-electron chi connectivity index (χ1n) is 3.82. The summed E-state index contributed by atoms with van der Waals surface area (Å²) in [5.41, 5.74) is 0. The molecule has 68 valence electrons. The number of esters is 1. The van der Waals surface area contributed by atoms with Crippen molar-refractivity contribution in [2.45, 2.75) is 12.5 Å². The second-order valence-electron chi connectivity index (χ2n) is 2.43. The van der Waals surface area contributed by atoms with E-state index < -0.39 is 0 Å². The van der Waals surface area contributed by atoms with Crippen LogP contribution >= 0.6 is 0 Å². The van der Waals surface area contributed by atoms with Crippen molar-refractivity contribution in [1.29, 1.82) is 0 Å². The zero-order valence-electron chi connectivity index (χ0n) is 6.82. The summed E-state index contributed by atoms with van der Waals surface area (Å²) in [6.07, 6.45) is 1.18. The molecule has 1 rings (SSSR count). The van der Waals surface area contributed by atoms with Gasteiger partial charge in [-0.1, -0.05) is 6.58 Å². The van der Waals surface area contributed by atoms with Crippen LogP contribution in [0, 0.1) is 0 Å². The summed E-state index contributed by atoms with van der Waals surface area (Å²) in [6, 6.07) is 0. The highest BCUT2D eigenvalue weighted by molar-refractivity contribution is 5.70. The molecular formula is C8H12O4. The lowest BCUT2D eigenvalue weighted by Crippen LogP contribution is -2.30. The SMILES string of the molecule is C=COC(=O)CC1COCCO1. The number of hydrogen-bond acceptors (Lipinski definition) is 4. The van der Waals surface area contributed by atoms with E-state index in [0.29, 0.717) is 19.8 Å². The molecule has 0 spiro atoms. The highest BCUT2D eigenvalue weighted by atomic mass is 16.6. The first-order valence-corrected chi connectivity index (χ1v) is 3.82. The van der Waals surface area contributed by atoms with Gasteiger partial charge in [0.2, 0.25) is 0 Å². The Morgan fingerprint density at radius 2 is 2.50 bits per heavy atom. The molecule has 4 heteroatoms. The summed E-state index contributed by atoms with van der Waals surface area (Å²) in [5, 5.41) is 0.